The molecule has 1 aromatic carbocycles. The maximum atomic E-state index is 12.1. The molecule has 1 amide bonds. The summed E-state index contributed by atoms with van der Waals surface area (Å²) in [6.07, 6.45) is 1.91. The van der Waals surface area contributed by atoms with Gasteiger partial charge in [-0.3, -0.25) is 9.59 Å². The molecule has 0 atom stereocenters. The summed E-state index contributed by atoms with van der Waals surface area (Å²) in [5, 5.41) is 3.99. The molecular weight excluding hydrogens is 338 g/mol. The molecule has 0 unspecified atom stereocenters. The maximum Gasteiger partial charge on any atom is 0.437 e. The lowest BCUT2D eigenvalue weighted by Gasteiger charge is -2.30. The Labute approximate surface area is 150 Å². The Morgan fingerprint density at radius 3 is 2.62 bits per heavy atom. The lowest BCUT2D eigenvalue weighted by atomic mass is 9.99. The molecule has 0 radical (unpaired) electrons. The van der Waals surface area contributed by atoms with Gasteiger partial charge in [0.25, 0.3) is 5.91 Å². The SMILES string of the molecule is CC1CCN(C(=O)COC(=O)Cn2nc(-c3ccccc3)oc2=O)CC1. The molecule has 8 heteroatoms. The molecular formula is C18H21N3O5. The molecule has 1 aromatic heterocycles. The van der Waals surface area contributed by atoms with Crippen molar-refractivity contribution in [2.24, 2.45) is 5.92 Å². The number of ether oxygens (including phenoxy) is 1. The molecule has 8 nitrogen and oxygen atoms in total. The standard InChI is InChI=1S/C18H21N3O5/c1-13-7-9-20(10-8-13)15(22)12-25-16(23)11-21-18(24)26-17(19-21)14-5-3-2-4-6-14/h2-6,13H,7-12H2,1H3. The van der Waals surface area contributed by atoms with Crippen LogP contribution in [0.3, 0.4) is 0 Å². The molecule has 26 heavy (non-hydrogen) atoms. The number of rotatable bonds is 5. The molecule has 2 aromatic rings. The number of hydrogen-bond acceptors (Lipinski definition) is 6. The number of nitrogens with zero attached hydrogens (tertiary/aromatic N) is 3. The van der Waals surface area contributed by atoms with Crippen molar-refractivity contribution >= 4 is 11.9 Å². The lowest BCUT2D eigenvalue weighted by molar-refractivity contribution is -0.153. The van der Waals surface area contributed by atoms with Crippen LogP contribution in [-0.2, 0) is 20.9 Å². The van der Waals surface area contributed by atoms with E-state index < -0.39 is 18.3 Å². The molecule has 0 bridgehead atoms. The van der Waals surface area contributed by atoms with E-state index in [0.29, 0.717) is 24.6 Å². The number of esters is 1. The summed E-state index contributed by atoms with van der Waals surface area (Å²) in [5.41, 5.74) is 0.631. The third-order valence-electron chi connectivity index (χ3n) is 4.40. The third-order valence-corrected chi connectivity index (χ3v) is 4.40. The number of carbonyl (C=O) groups is 2. The molecule has 138 valence electrons. The van der Waals surface area contributed by atoms with E-state index in [1.165, 1.54) is 0 Å². The van der Waals surface area contributed by atoms with Crippen LogP contribution >= 0.6 is 0 Å². The molecule has 0 spiro atoms. The van der Waals surface area contributed by atoms with Gasteiger partial charge >= 0.3 is 11.7 Å². The first kappa shape index (κ1) is 17.9. The second-order valence-corrected chi connectivity index (χ2v) is 6.42. The van der Waals surface area contributed by atoms with Gasteiger partial charge in [-0.15, -0.1) is 5.10 Å². The van der Waals surface area contributed by atoms with Crippen molar-refractivity contribution in [2.75, 3.05) is 19.7 Å². The Bertz CT molecular complexity index is 819. The van der Waals surface area contributed by atoms with Gasteiger partial charge in [-0.05, 0) is 30.9 Å². The second-order valence-electron chi connectivity index (χ2n) is 6.42. The number of carbonyl (C=O) groups excluding carboxylic acids is 2. The van der Waals surface area contributed by atoms with E-state index in [1.54, 1.807) is 29.2 Å². The Hall–Kier alpha value is -2.90. The Kier molecular flexibility index (Phi) is 5.50. The van der Waals surface area contributed by atoms with Crippen LogP contribution in [-0.4, -0.2) is 46.3 Å². The van der Waals surface area contributed by atoms with Crippen LogP contribution in [0.1, 0.15) is 19.8 Å². The van der Waals surface area contributed by atoms with Crippen molar-refractivity contribution in [1.82, 2.24) is 14.7 Å². The summed E-state index contributed by atoms with van der Waals surface area (Å²) in [6, 6.07) is 8.89. The van der Waals surface area contributed by atoms with Crippen LogP contribution in [0.25, 0.3) is 11.5 Å². The average molecular weight is 359 g/mol. The molecule has 0 saturated carbocycles. The van der Waals surface area contributed by atoms with Crippen molar-refractivity contribution in [3.8, 4) is 11.5 Å². The number of aromatic nitrogens is 2. The van der Waals surface area contributed by atoms with E-state index in [0.717, 1.165) is 17.5 Å². The van der Waals surface area contributed by atoms with E-state index in [-0.39, 0.29) is 18.4 Å². The van der Waals surface area contributed by atoms with Gasteiger partial charge in [0.2, 0.25) is 5.89 Å². The van der Waals surface area contributed by atoms with Gasteiger partial charge in [-0.25, -0.2) is 4.79 Å². The van der Waals surface area contributed by atoms with Gasteiger partial charge < -0.3 is 14.1 Å². The highest BCUT2D eigenvalue weighted by Gasteiger charge is 2.21. The highest BCUT2D eigenvalue weighted by molar-refractivity contribution is 5.80. The quantitative estimate of drug-likeness (QED) is 0.747. The van der Waals surface area contributed by atoms with Crippen molar-refractivity contribution in [2.45, 2.75) is 26.3 Å². The van der Waals surface area contributed by atoms with Crippen molar-refractivity contribution in [3.05, 3.63) is 40.9 Å². The first-order valence-electron chi connectivity index (χ1n) is 8.59. The molecule has 0 aliphatic carbocycles. The average Bonchev–Trinajstić information content (AvgIpc) is 3.01. The maximum absolute atomic E-state index is 12.1. The van der Waals surface area contributed by atoms with Gasteiger partial charge in [0.05, 0.1) is 0 Å². The fourth-order valence-electron chi connectivity index (χ4n) is 2.76. The third kappa shape index (κ3) is 4.38. The molecule has 3 rings (SSSR count). The number of benzene rings is 1. The van der Waals surface area contributed by atoms with Crippen LogP contribution in [0, 0.1) is 5.92 Å². The molecule has 1 fully saturated rings. The topological polar surface area (TPSA) is 94.6 Å². The minimum atomic E-state index is -0.753. The lowest BCUT2D eigenvalue weighted by Crippen LogP contribution is -2.40. The molecule has 1 saturated heterocycles. The van der Waals surface area contributed by atoms with Crippen LogP contribution < -0.4 is 5.76 Å². The van der Waals surface area contributed by atoms with Crippen LogP contribution in [0.15, 0.2) is 39.5 Å². The number of amides is 1. The van der Waals surface area contributed by atoms with Crippen LogP contribution in [0.2, 0.25) is 0 Å². The number of likely N-dealkylation sites (tertiary alicyclic amines) is 1. The molecule has 2 heterocycles. The fraction of sp³-hybridized carbons (Fsp3) is 0.444. The van der Waals surface area contributed by atoms with Gasteiger partial charge in [-0.2, -0.15) is 4.68 Å². The summed E-state index contributed by atoms with van der Waals surface area (Å²) in [6.45, 7) is 2.79. The van der Waals surface area contributed by atoms with E-state index >= 15 is 0 Å². The predicted octanol–water partition coefficient (Wildman–Crippen LogP) is 1.30. The second kappa shape index (κ2) is 7.99. The first-order chi connectivity index (χ1) is 12.5. The Balaban J connectivity index is 1.53. The minimum absolute atomic E-state index is 0.127. The minimum Gasteiger partial charge on any atom is -0.454 e. The predicted molar refractivity (Wildman–Crippen MR) is 92.1 cm³/mol. The summed E-state index contributed by atoms with van der Waals surface area (Å²) in [4.78, 5) is 37.5. The van der Waals surface area contributed by atoms with E-state index in [2.05, 4.69) is 12.0 Å². The summed E-state index contributed by atoms with van der Waals surface area (Å²) in [7, 11) is 0. The van der Waals surface area contributed by atoms with Crippen molar-refractivity contribution in [1.29, 1.82) is 0 Å². The highest BCUT2D eigenvalue weighted by Crippen LogP contribution is 2.16. The zero-order valence-electron chi connectivity index (χ0n) is 14.6. The largest absolute Gasteiger partial charge is 0.454 e. The normalized spacial score (nSPS) is 15.0. The van der Waals surface area contributed by atoms with Gasteiger partial charge in [0, 0.05) is 18.7 Å². The van der Waals surface area contributed by atoms with Crippen molar-refractivity contribution in [3.63, 3.8) is 0 Å². The van der Waals surface area contributed by atoms with Gasteiger partial charge in [-0.1, -0.05) is 25.1 Å². The molecule has 1 aliphatic heterocycles. The van der Waals surface area contributed by atoms with E-state index in [1.807, 2.05) is 6.07 Å². The van der Waals surface area contributed by atoms with Gasteiger partial charge in [0.15, 0.2) is 6.61 Å². The van der Waals surface area contributed by atoms with Crippen LogP contribution in [0.5, 0.6) is 0 Å². The Morgan fingerprint density at radius 2 is 1.92 bits per heavy atom. The fourth-order valence-corrected chi connectivity index (χ4v) is 2.76. The van der Waals surface area contributed by atoms with Crippen molar-refractivity contribution < 1.29 is 18.7 Å². The van der Waals surface area contributed by atoms with E-state index in [9.17, 15) is 14.4 Å². The number of hydrogen-bond donors (Lipinski definition) is 0. The molecule has 0 N–H and O–H groups in total. The number of piperidine rings is 1. The Morgan fingerprint density at radius 1 is 1.23 bits per heavy atom. The van der Waals surface area contributed by atoms with Crippen LogP contribution in [0.4, 0.5) is 0 Å². The first-order valence-corrected chi connectivity index (χ1v) is 8.59. The smallest absolute Gasteiger partial charge is 0.437 e. The summed E-state index contributed by atoms with van der Waals surface area (Å²) in [5.74, 6) is -0.944. The summed E-state index contributed by atoms with van der Waals surface area (Å²) >= 11 is 0. The molecule has 1 aliphatic rings. The summed E-state index contributed by atoms with van der Waals surface area (Å²) < 4.78 is 10.9. The van der Waals surface area contributed by atoms with Gasteiger partial charge in [0.1, 0.15) is 6.54 Å². The highest BCUT2D eigenvalue weighted by atomic mass is 16.5. The van der Waals surface area contributed by atoms with E-state index in [4.69, 9.17) is 9.15 Å². The zero-order valence-corrected chi connectivity index (χ0v) is 14.6. The zero-order chi connectivity index (χ0) is 18.5. The monoisotopic (exact) mass is 359 g/mol.